The fourth-order valence-electron chi connectivity index (χ4n) is 1.12. The van der Waals surface area contributed by atoms with E-state index in [9.17, 15) is 0 Å². The Kier molecular flexibility index (Phi) is 4.56. The molecule has 5 nitrogen and oxygen atoms in total. The summed E-state index contributed by atoms with van der Waals surface area (Å²) in [5.74, 6) is 1.34. The van der Waals surface area contributed by atoms with Gasteiger partial charge in [0.1, 0.15) is 0 Å². The van der Waals surface area contributed by atoms with Crippen LogP contribution >= 0.6 is 11.8 Å². The molecule has 0 bridgehead atoms. The van der Waals surface area contributed by atoms with Gasteiger partial charge < -0.3 is 10.2 Å². The van der Waals surface area contributed by atoms with Gasteiger partial charge in [0.05, 0.1) is 0 Å². The predicted octanol–water partition coefficient (Wildman–Crippen LogP) is 2.26. The second kappa shape index (κ2) is 5.53. The first-order valence-electron chi connectivity index (χ1n) is 5.66. The van der Waals surface area contributed by atoms with Crippen molar-refractivity contribution in [3.05, 3.63) is 0 Å². The maximum atomic E-state index is 4.43. The summed E-state index contributed by atoms with van der Waals surface area (Å²) in [5, 5.41) is 3.86. The highest BCUT2D eigenvalue weighted by Gasteiger charge is 2.21. The van der Waals surface area contributed by atoms with Gasteiger partial charge in [0, 0.05) is 19.1 Å². The van der Waals surface area contributed by atoms with Crippen LogP contribution in [-0.4, -0.2) is 40.3 Å². The Bertz CT molecular complexity index is 375. The molecule has 0 radical (unpaired) electrons. The van der Waals surface area contributed by atoms with Crippen molar-refractivity contribution >= 4 is 23.7 Å². The first-order chi connectivity index (χ1) is 7.88. The Morgan fingerprint density at radius 1 is 1.24 bits per heavy atom. The average Bonchev–Trinajstić information content (AvgIpc) is 2.26. The average molecular weight is 255 g/mol. The van der Waals surface area contributed by atoms with Gasteiger partial charge in [-0.25, -0.2) is 0 Å². The minimum absolute atomic E-state index is 0.0134. The third-order valence-electron chi connectivity index (χ3n) is 2.43. The van der Waals surface area contributed by atoms with Crippen LogP contribution in [0.5, 0.6) is 0 Å². The smallest absolute Gasteiger partial charge is 0.231 e. The minimum Gasteiger partial charge on any atom is -0.354 e. The number of nitrogens with one attached hydrogen (secondary N) is 1. The fourth-order valence-corrected chi connectivity index (χ4v) is 1.48. The van der Waals surface area contributed by atoms with Gasteiger partial charge in [0.15, 0.2) is 5.16 Å². The molecule has 0 saturated carbocycles. The van der Waals surface area contributed by atoms with Crippen molar-refractivity contribution in [2.75, 3.05) is 30.1 Å². The lowest BCUT2D eigenvalue weighted by molar-refractivity contribution is 0.525. The van der Waals surface area contributed by atoms with Crippen LogP contribution in [0.1, 0.15) is 27.7 Å². The van der Waals surface area contributed by atoms with Crippen LogP contribution < -0.4 is 10.2 Å². The Labute approximate surface area is 107 Å². The van der Waals surface area contributed by atoms with E-state index in [4.69, 9.17) is 0 Å². The van der Waals surface area contributed by atoms with Crippen molar-refractivity contribution in [2.45, 2.75) is 38.4 Å². The van der Waals surface area contributed by atoms with Crippen molar-refractivity contribution in [3.8, 4) is 0 Å². The maximum Gasteiger partial charge on any atom is 0.231 e. The highest BCUT2D eigenvalue weighted by atomic mass is 32.2. The largest absolute Gasteiger partial charge is 0.354 e. The van der Waals surface area contributed by atoms with Crippen LogP contribution in [0.25, 0.3) is 0 Å². The lowest BCUT2D eigenvalue weighted by atomic mass is 10.1. The third kappa shape index (κ3) is 3.73. The molecule has 0 amide bonds. The van der Waals surface area contributed by atoms with E-state index in [0.29, 0.717) is 11.9 Å². The molecule has 0 spiro atoms. The van der Waals surface area contributed by atoms with E-state index < -0.39 is 0 Å². The van der Waals surface area contributed by atoms with Crippen LogP contribution in [-0.2, 0) is 0 Å². The first kappa shape index (κ1) is 14.0. The summed E-state index contributed by atoms with van der Waals surface area (Å²) in [4.78, 5) is 15.2. The number of nitrogens with zero attached hydrogens (tertiary/aromatic N) is 4. The van der Waals surface area contributed by atoms with Crippen LogP contribution in [0.3, 0.4) is 0 Å². The SMILES string of the molecule is CCNc1nc(SC)nc(N(C)C(C)(C)C)n1. The topological polar surface area (TPSA) is 53.9 Å². The molecule has 1 aromatic heterocycles. The Balaban J connectivity index is 3.10. The van der Waals surface area contributed by atoms with Gasteiger partial charge in [0.2, 0.25) is 11.9 Å². The Morgan fingerprint density at radius 2 is 1.88 bits per heavy atom. The van der Waals surface area contributed by atoms with Gasteiger partial charge in [-0.3, -0.25) is 0 Å². The summed E-state index contributed by atoms with van der Waals surface area (Å²) < 4.78 is 0. The van der Waals surface area contributed by atoms with Crippen molar-refractivity contribution in [3.63, 3.8) is 0 Å². The lowest BCUT2D eigenvalue weighted by Crippen LogP contribution is -2.39. The molecule has 0 saturated heterocycles. The Hall–Kier alpha value is -1.04. The molecule has 0 atom stereocenters. The molecule has 1 aromatic rings. The Morgan fingerprint density at radius 3 is 2.35 bits per heavy atom. The number of anilines is 2. The first-order valence-corrected chi connectivity index (χ1v) is 6.88. The number of hydrogen-bond donors (Lipinski definition) is 1. The summed E-state index contributed by atoms with van der Waals surface area (Å²) in [5.41, 5.74) is -0.0134. The summed E-state index contributed by atoms with van der Waals surface area (Å²) in [6.45, 7) is 9.21. The van der Waals surface area contributed by atoms with Crippen molar-refractivity contribution < 1.29 is 0 Å². The van der Waals surface area contributed by atoms with Gasteiger partial charge >= 0.3 is 0 Å². The van der Waals surface area contributed by atoms with Crippen molar-refractivity contribution in [2.24, 2.45) is 0 Å². The normalized spacial score (nSPS) is 11.4. The highest BCUT2D eigenvalue weighted by molar-refractivity contribution is 7.98. The quantitative estimate of drug-likeness (QED) is 0.833. The number of thioether (sulfide) groups is 1. The molecule has 1 rings (SSSR count). The zero-order valence-electron chi connectivity index (χ0n) is 11.4. The van der Waals surface area contributed by atoms with E-state index in [1.54, 1.807) is 0 Å². The van der Waals surface area contributed by atoms with E-state index in [-0.39, 0.29) is 5.54 Å². The minimum atomic E-state index is -0.0134. The van der Waals surface area contributed by atoms with Crippen LogP contribution in [0, 0.1) is 0 Å². The summed E-state index contributed by atoms with van der Waals surface area (Å²) in [7, 11) is 2.00. The summed E-state index contributed by atoms with van der Waals surface area (Å²) >= 11 is 1.52. The van der Waals surface area contributed by atoms with Gasteiger partial charge in [-0.1, -0.05) is 11.8 Å². The zero-order chi connectivity index (χ0) is 13.1. The molecule has 0 aliphatic carbocycles. The molecule has 96 valence electrons. The second-order valence-corrected chi connectivity index (χ2v) is 5.48. The monoisotopic (exact) mass is 255 g/mol. The molecular formula is C11H21N5S. The van der Waals surface area contributed by atoms with E-state index in [1.807, 2.05) is 20.2 Å². The van der Waals surface area contributed by atoms with E-state index in [2.05, 4.69) is 45.9 Å². The molecule has 6 heteroatoms. The molecule has 0 aliphatic rings. The zero-order valence-corrected chi connectivity index (χ0v) is 12.2. The van der Waals surface area contributed by atoms with Gasteiger partial charge in [-0.2, -0.15) is 15.0 Å². The van der Waals surface area contributed by atoms with Gasteiger partial charge in [0.25, 0.3) is 0 Å². The highest BCUT2D eigenvalue weighted by Crippen LogP contribution is 2.21. The maximum absolute atomic E-state index is 4.43. The van der Waals surface area contributed by atoms with Crippen LogP contribution in [0.4, 0.5) is 11.9 Å². The van der Waals surface area contributed by atoms with Crippen LogP contribution in [0.15, 0.2) is 5.16 Å². The molecule has 1 N–H and O–H groups in total. The molecule has 0 fully saturated rings. The van der Waals surface area contributed by atoms with Crippen LogP contribution in [0.2, 0.25) is 0 Å². The molecule has 1 heterocycles. The van der Waals surface area contributed by atoms with E-state index in [1.165, 1.54) is 11.8 Å². The number of hydrogen-bond acceptors (Lipinski definition) is 6. The lowest BCUT2D eigenvalue weighted by Gasteiger charge is -2.32. The van der Waals surface area contributed by atoms with Gasteiger partial charge in [-0.15, -0.1) is 0 Å². The predicted molar refractivity (Wildman–Crippen MR) is 73.9 cm³/mol. The summed E-state index contributed by atoms with van der Waals surface area (Å²) in [6.07, 6.45) is 1.96. The van der Waals surface area contributed by atoms with Gasteiger partial charge in [-0.05, 0) is 34.0 Å². The fraction of sp³-hybridized carbons (Fsp3) is 0.727. The van der Waals surface area contributed by atoms with E-state index in [0.717, 1.165) is 11.7 Å². The van der Waals surface area contributed by atoms with E-state index >= 15 is 0 Å². The van der Waals surface area contributed by atoms with Crippen molar-refractivity contribution in [1.82, 2.24) is 15.0 Å². The standard InChI is InChI=1S/C11H21N5S/c1-7-12-8-13-9(15-10(14-8)17-6)16(5)11(2,3)4/h7H2,1-6H3,(H,12,13,14,15). The summed E-state index contributed by atoms with van der Waals surface area (Å²) in [6, 6.07) is 0. The second-order valence-electron chi connectivity index (χ2n) is 4.71. The molecule has 0 aliphatic heterocycles. The number of rotatable bonds is 4. The molecule has 0 aromatic carbocycles. The molecule has 17 heavy (non-hydrogen) atoms. The molecular weight excluding hydrogens is 234 g/mol. The number of aromatic nitrogens is 3. The molecule has 0 unspecified atom stereocenters. The van der Waals surface area contributed by atoms with Crippen molar-refractivity contribution in [1.29, 1.82) is 0 Å². The third-order valence-corrected chi connectivity index (χ3v) is 2.97.